The number of hydrazine groups is 1. The molecule has 0 amide bonds. The van der Waals surface area contributed by atoms with Gasteiger partial charge in [-0.3, -0.25) is 0 Å². The topological polar surface area (TPSA) is 75.9 Å². The summed E-state index contributed by atoms with van der Waals surface area (Å²) in [5.41, 5.74) is 2.26. The average molecular weight is 281 g/mol. The van der Waals surface area contributed by atoms with Crippen molar-refractivity contribution in [2.24, 2.45) is 5.84 Å². The third kappa shape index (κ3) is 4.19. The molecule has 9 heteroatoms. The van der Waals surface area contributed by atoms with Crippen molar-refractivity contribution in [2.75, 3.05) is 17.3 Å². The molecule has 1 aromatic heterocycles. The van der Waals surface area contributed by atoms with Gasteiger partial charge in [0.25, 0.3) is 0 Å². The fourth-order valence-corrected chi connectivity index (χ4v) is 1.17. The van der Waals surface area contributed by atoms with E-state index in [1.165, 1.54) is 6.07 Å². The summed E-state index contributed by atoms with van der Waals surface area (Å²) < 4.78 is 49.6. The number of rotatable bonds is 6. The van der Waals surface area contributed by atoms with Crippen molar-refractivity contribution in [1.82, 2.24) is 9.97 Å². The van der Waals surface area contributed by atoms with Crippen molar-refractivity contribution < 1.29 is 17.6 Å². The van der Waals surface area contributed by atoms with Crippen molar-refractivity contribution in [3.8, 4) is 0 Å². The molecular formula is C10H15F4N5. The van der Waals surface area contributed by atoms with Gasteiger partial charge in [-0.25, -0.2) is 24.6 Å². The van der Waals surface area contributed by atoms with Gasteiger partial charge in [-0.2, -0.15) is 8.78 Å². The summed E-state index contributed by atoms with van der Waals surface area (Å²) >= 11 is 0. The van der Waals surface area contributed by atoms with E-state index in [-0.39, 0.29) is 17.6 Å². The Morgan fingerprint density at radius 3 is 2.32 bits per heavy atom. The van der Waals surface area contributed by atoms with E-state index in [0.717, 1.165) is 0 Å². The molecule has 0 aliphatic rings. The van der Waals surface area contributed by atoms with Crippen molar-refractivity contribution >= 4 is 11.6 Å². The molecule has 0 saturated heterocycles. The molecule has 5 nitrogen and oxygen atoms in total. The Morgan fingerprint density at radius 1 is 1.26 bits per heavy atom. The maximum Gasteiger partial charge on any atom is 0.324 e. The second-order valence-corrected chi connectivity index (χ2v) is 4.21. The van der Waals surface area contributed by atoms with Crippen molar-refractivity contribution in [1.29, 1.82) is 0 Å². The van der Waals surface area contributed by atoms with Crippen molar-refractivity contribution in [3.63, 3.8) is 0 Å². The minimum absolute atomic E-state index is 0.00646. The lowest BCUT2D eigenvalue weighted by Crippen LogP contribution is -2.35. The minimum Gasteiger partial charge on any atom is -0.364 e. The molecule has 0 bridgehead atoms. The van der Waals surface area contributed by atoms with E-state index < -0.39 is 18.9 Å². The summed E-state index contributed by atoms with van der Waals surface area (Å²) in [6.07, 6.45) is -3.74. The summed E-state index contributed by atoms with van der Waals surface area (Å²) in [4.78, 5) is 7.96. The molecule has 0 unspecified atom stereocenters. The molecular weight excluding hydrogens is 266 g/mol. The van der Waals surface area contributed by atoms with Crippen LogP contribution in [0, 0.1) is 0 Å². The number of nitrogens with zero attached hydrogens (tertiary/aromatic N) is 2. The molecule has 1 aromatic rings. The Balaban J connectivity index is 2.86. The molecule has 0 fully saturated rings. The predicted octanol–water partition coefficient (Wildman–Crippen LogP) is 2.20. The Hall–Kier alpha value is -1.64. The number of halogens is 4. The van der Waals surface area contributed by atoms with Gasteiger partial charge in [0, 0.05) is 12.0 Å². The Kier molecular flexibility index (Phi) is 4.87. The molecule has 0 radical (unpaired) electrons. The summed E-state index contributed by atoms with van der Waals surface area (Å²) in [6.45, 7) is 2.38. The van der Waals surface area contributed by atoms with Crippen LogP contribution in [0.25, 0.3) is 0 Å². The fraction of sp³-hybridized carbons (Fsp3) is 0.600. The zero-order chi connectivity index (χ0) is 14.6. The van der Waals surface area contributed by atoms with Gasteiger partial charge in [-0.1, -0.05) is 13.8 Å². The highest BCUT2D eigenvalue weighted by molar-refractivity contribution is 5.47. The quantitative estimate of drug-likeness (QED) is 0.423. The molecule has 0 saturated carbocycles. The maximum atomic E-state index is 12.8. The second-order valence-electron chi connectivity index (χ2n) is 4.21. The molecule has 0 aromatic carbocycles. The Labute approximate surface area is 107 Å². The zero-order valence-electron chi connectivity index (χ0n) is 10.4. The Bertz CT molecular complexity index is 424. The summed E-state index contributed by atoms with van der Waals surface area (Å²) in [6, 6.07) is 1.26. The highest BCUT2D eigenvalue weighted by Gasteiger charge is 2.40. The van der Waals surface area contributed by atoms with Gasteiger partial charge in [0.15, 0.2) is 0 Å². The van der Waals surface area contributed by atoms with Gasteiger partial charge >= 0.3 is 12.3 Å². The number of aromatic nitrogens is 2. The van der Waals surface area contributed by atoms with E-state index in [0.29, 0.717) is 5.82 Å². The monoisotopic (exact) mass is 281 g/mol. The van der Waals surface area contributed by atoms with Gasteiger partial charge in [0.1, 0.15) is 17.5 Å². The van der Waals surface area contributed by atoms with Crippen LogP contribution in [0.1, 0.15) is 25.6 Å². The molecule has 0 aliphatic carbocycles. The van der Waals surface area contributed by atoms with Crippen LogP contribution in [0.2, 0.25) is 0 Å². The lowest BCUT2D eigenvalue weighted by atomic mass is 10.2. The third-order valence-corrected chi connectivity index (χ3v) is 2.23. The van der Waals surface area contributed by atoms with Crippen LogP contribution in [0.4, 0.5) is 29.2 Å². The zero-order valence-corrected chi connectivity index (χ0v) is 10.4. The molecule has 108 valence electrons. The first kappa shape index (κ1) is 15.4. The van der Waals surface area contributed by atoms with Gasteiger partial charge in [-0.05, 0) is 0 Å². The van der Waals surface area contributed by atoms with Crippen LogP contribution in [-0.2, 0) is 0 Å². The highest BCUT2D eigenvalue weighted by atomic mass is 19.3. The summed E-state index contributed by atoms with van der Waals surface area (Å²) in [5, 5.41) is 2.16. The van der Waals surface area contributed by atoms with E-state index in [2.05, 4.69) is 20.7 Å². The molecule has 0 atom stereocenters. The molecule has 0 spiro atoms. The van der Waals surface area contributed by atoms with E-state index in [4.69, 9.17) is 5.84 Å². The fourth-order valence-electron chi connectivity index (χ4n) is 1.17. The van der Waals surface area contributed by atoms with Crippen molar-refractivity contribution in [3.05, 3.63) is 11.9 Å². The molecule has 0 aliphatic heterocycles. The van der Waals surface area contributed by atoms with Gasteiger partial charge in [-0.15, -0.1) is 0 Å². The lowest BCUT2D eigenvalue weighted by molar-refractivity contribution is -0.117. The first-order valence-corrected chi connectivity index (χ1v) is 5.51. The van der Waals surface area contributed by atoms with Gasteiger partial charge in [0.05, 0.1) is 6.54 Å². The second kappa shape index (κ2) is 6.00. The molecule has 1 rings (SSSR count). The van der Waals surface area contributed by atoms with E-state index in [1.54, 1.807) is 13.8 Å². The minimum atomic E-state index is -4.13. The SMILES string of the molecule is CC(C)c1nc(NN)cc(NCC(F)(F)C(F)F)n1. The average Bonchev–Trinajstić information content (AvgIpc) is 2.35. The normalized spacial score (nSPS) is 12.1. The molecule has 1 heterocycles. The first-order chi connectivity index (χ1) is 8.76. The van der Waals surface area contributed by atoms with Crippen LogP contribution < -0.4 is 16.6 Å². The molecule has 4 N–H and O–H groups in total. The standard InChI is InChI=1S/C10H15F4N5/c1-5(2)8-17-6(3-7(18-8)19-15)16-4-10(13,14)9(11)12/h3,5,9H,4,15H2,1-2H3,(H2,16,17,18,19). The van der Waals surface area contributed by atoms with Crippen LogP contribution in [-0.4, -0.2) is 28.9 Å². The smallest absolute Gasteiger partial charge is 0.324 e. The van der Waals surface area contributed by atoms with Crippen LogP contribution in [0.5, 0.6) is 0 Å². The summed E-state index contributed by atoms with van der Waals surface area (Å²) in [7, 11) is 0. The van der Waals surface area contributed by atoms with Gasteiger partial charge in [0.2, 0.25) is 0 Å². The largest absolute Gasteiger partial charge is 0.364 e. The number of nitrogen functional groups attached to an aromatic ring is 1. The number of alkyl halides is 4. The number of nitrogens with two attached hydrogens (primary N) is 1. The Morgan fingerprint density at radius 2 is 1.84 bits per heavy atom. The van der Waals surface area contributed by atoms with Crippen LogP contribution in [0.3, 0.4) is 0 Å². The number of hydrogen-bond acceptors (Lipinski definition) is 5. The lowest BCUT2D eigenvalue weighted by Gasteiger charge is -2.17. The molecule has 19 heavy (non-hydrogen) atoms. The first-order valence-electron chi connectivity index (χ1n) is 5.51. The van der Waals surface area contributed by atoms with Crippen LogP contribution in [0.15, 0.2) is 6.07 Å². The maximum absolute atomic E-state index is 12.8. The van der Waals surface area contributed by atoms with Crippen LogP contribution >= 0.6 is 0 Å². The number of nitrogens with one attached hydrogen (secondary N) is 2. The number of hydrogen-bond donors (Lipinski definition) is 3. The van der Waals surface area contributed by atoms with Crippen molar-refractivity contribution in [2.45, 2.75) is 32.1 Å². The van der Waals surface area contributed by atoms with E-state index in [9.17, 15) is 17.6 Å². The van der Waals surface area contributed by atoms with E-state index in [1.807, 2.05) is 0 Å². The predicted molar refractivity (Wildman–Crippen MR) is 63.4 cm³/mol. The summed E-state index contributed by atoms with van der Waals surface area (Å²) in [5.74, 6) is 1.57. The van der Waals surface area contributed by atoms with Gasteiger partial charge < -0.3 is 10.7 Å². The third-order valence-electron chi connectivity index (χ3n) is 2.23. The van der Waals surface area contributed by atoms with E-state index >= 15 is 0 Å². The highest BCUT2D eigenvalue weighted by Crippen LogP contribution is 2.24. The number of anilines is 2.